The number of amides is 1. The van der Waals surface area contributed by atoms with Crippen molar-refractivity contribution in [2.75, 3.05) is 19.6 Å². The number of halogens is 5. The average molecular weight is 260 g/mol. The van der Waals surface area contributed by atoms with Gasteiger partial charge in [-0.3, -0.25) is 4.79 Å². The van der Waals surface area contributed by atoms with Crippen molar-refractivity contribution < 1.29 is 26.7 Å². The van der Waals surface area contributed by atoms with E-state index in [0.29, 0.717) is 17.9 Å². The van der Waals surface area contributed by atoms with Crippen molar-refractivity contribution in [3.63, 3.8) is 0 Å². The van der Waals surface area contributed by atoms with Crippen LogP contribution in [0.4, 0.5) is 22.0 Å². The molecule has 8 heteroatoms. The fraction of sp³-hybridized carbons (Fsp3) is 0.889. The summed E-state index contributed by atoms with van der Waals surface area (Å²) in [6.07, 6.45) is -5.46. The summed E-state index contributed by atoms with van der Waals surface area (Å²) in [6, 6.07) is -0.597. The van der Waals surface area contributed by atoms with Gasteiger partial charge in [0.2, 0.25) is 0 Å². The molecule has 1 unspecified atom stereocenters. The molecule has 1 fully saturated rings. The fourth-order valence-corrected chi connectivity index (χ4v) is 1.77. The van der Waals surface area contributed by atoms with E-state index in [1.54, 1.807) is 0 Å². The number of carbonyl (C=O) groups excluding carboxylic acids is 1. The van der Waals surface area contributed by atoms with E-state index >= 15 is 0 Å². The van der Waals surface area contributed by atoms with Crippen molar-refractivity contribution in [2.45, 2.75) is 31.5 Å². The second-order valence-electron chi connectivity index (χ2n) is 3.81. The topological polar surface area (TPSA) is 32.3 Å². The summed E-state index contributed by atoms with van der Waals surface area (Å²) in [5.41, 5.74) is 0. The molecule has 17 heavy (non-hydrogen) atoms. The van der Waals surface area contributed by atoms with Crippen LogP contribution in [-0.2, 0) is 4.79 Å². The van der Waals surface area contributed by atoms with Gasteiger partial charge >= 0.3 is 18.0 Å². The quantitative estimate of drug-likeness (QED) is 0.778. The number of likely N-dealkylation sites (N-methyl/N-ethyl adjacent to an activating group) is 1. The summed E-state index contributed by atoms with van der Waals surface area (Å²) in [5.74, 6) is -7.48. The molecule has 1 saturated heterocycles. The Kier molecular flexibility index (Phi) is 3.95. The predicted molar refractivity (Wildman–Crippen MR) is 49.7 cm³/mol. The Morgan fingerprint density at radius 1 is 1.35 bits per heavy atom. The normalized spacial score (nSPS) is 21.6. The monoisotopic (exact) mass is 260 g/mol. The second kappa shape index (κ2) is 4.75. The summed E-state index contributed by atoms with van der Waals surface area (Å²) >= 11 is 0. The molecule has 1 rings (SSSR count). The van der Waals surface area contributed by atoms with Crippen molar-refractivity contribution in [3.05, 3.63) is 0 Å². The summed E-state index contributed by atoms with van der Waals surface area (Å²) < 4.78 is 61.9. The Morgan fingerprint density at radius 2 is 1.94 bits per heavy atom. The first-order valence-corrected chi connectivity index (χ1v) is 5.18. The van der Waals surface area contributed by atoms with Gasteiger partial charge in [0.05, 0.1) is 0 Å². The highest BCUT2D eigenvalue weighted by Crippen LogP contribution is 2.37. The molecule has 0 aromatic heterocycles. The molecule has 0 radical (unpaired) electrons. The zero-order valence-corrected chi connectivity index (χ0v) is 9.15. The van der Waals surface area contributed by atoms with Gasteiger partial charge in [-0.05, 0) is 19.9 Å². The van der Waals surface area contributed by atoms with Gasteiger partial charge in [-0.1, -0.05) is 0 Å². The van der Waals surface area contributed by atoms with Gasteiger partial charge in [0.15, 0.2) is 0 Å². The van der Waals surface area contributed by atoms with E-state index in [-0.39, 0.29) is 13.1 Å². The first kappa shape index (κ1) is 14.1. The molecule has 3 nitrogen and oxygen atoms in total. The van der Waals surface area contributed by atoms with Gasteiger partial charge in [0.1, 0.15) is 0 Å². The molecule has 100 valence electrons. The molecule has 1 amide bonds. The molecule has 1 heterocycles. The van der Waals surface area contributed by atoms with Gasteiger partial charge in [-0.25, -0.2) is 0 Å². The third kappa shape index (κ3) is 2.67. The third-order valence-corrected chi connectivity index (χ3v) is 2.70. The highest BCUT2D eigenvalue weighted by molar-refractivity contribution is 5.84. The summed E-state index contributed by atoms with van der Waals surface area (Å²) in [7, 11) is 0. The highest BCUT2D eigenvalue weighted by Gasteiger charge is 2.65. The molecule has 1 atom stereocenters. The summed E-state index contributed by atoms with van der Waals surface area (Å²) in [4.78, 5) is 11.8. The molecular formula is C9H13F5N2O. The zero-order valence-electron chi connectivity index (χ0n) is 9.15. The van der Waals surface area contributed by atoms with Gasteiger partial charge in [-0.15, -0.1) is 0 Å². The Bertz CT molecular complexity index is 286. The van der Waals surface area contributed by atoms with Crippen molar-refractivity contribution >= 4 is 5.91 Å². The van der Waals surface area contributed by atoms with Gasteiger partial charge < -0.3 is 10.2 Å². The number of rotatable bonds is 3. The lowest BCUT2D eigenvalue weighted by molar-refractivity contribution is -0.275. The van der Waals surface area contributed by atoms with Crippen LogP contribution in [0.2, 0.25) is 0 Å². The van der Waals surface area contributed by atoms with Crippen molar-refractivity contribution in [1.29, 1.82) is 0 Å². The highest BCUT2D eigenvalue weighted by atomic mass is 19.4. The van der Waals surface area contributed by atoms with E-state index in [1.165, 1.54) is 6.92 Å². The zero-order chi connectivity index (χ0) is 13.3. The smallest absolute Gasteiger partial charge is 0.333 e. The maximum Gasteiger partial charge on any atom is 0.463 e. The standard InChI is InChI=1S/C9H13F5N2O/c1-2-16(6-3-4-15-5-6)7(17)8(10,11)9(12,13)14/h6,15H,2-5H2,1H3. The van der Waals surface area contributed by atoms with Gasteiger partial charge in [-0.2, -0.15) is 22.0 Å². The van der Waals surface area contributed by atoms with Crippen LogP contribution >= 0.6 is 0 Å². The minimum Gasteiger partial charge on any atom is -0.333 e. The fourth-order valence-electron chi connectivity index (χ4n) is 1.77. The maximum atomic E-state index is 12.9. The number of hydrogen-bond acceptors (Lipinski definition) is 2. The number of hydrogen-bond donors (Lipinski definition) is 1. The van der Waals surface area contributed by atoms with Crippen LogP contribution < -0.4 is 5.32 Å². The molecule has 0 aliphatic carbocycles. The second-order valence-corrected chi connectivity index (χ2v) is 3.81. The van der Waals surface area contributed by atoms with E-state index in [9.17, 15) is 26.7 Å². The maximum absolute atomic E-state index is 12.9. The van der Waals surface area contributed by atoms with Gasteiger partial charge in [0.25, 0.3) is 0 Å². The molecule has 0 spiro atoms. The molecule has 1 aliphatic heterocycles. The van der Waals surface area contributed by atoms with Crippen LogP contribution in [0.15, 0.2) is 0 Å². The Balaban J connectivity index is 2.85. The lowest BCUT2D eigenvalue weighted by Gasteiger charge is -2.31. The molecule has 0 aromatic carbocycles. The Morgan fingerprint density at radius 3 is 2.29 bits per heavy atom. The average Bonchev–Trinajstić information content (AvgIpc) is 2.70. The minimum absolute atomic E-state index is 0.170. The first-order chi connectivity index (χ1) is 7.71. The third-order valence-electron chi connectivity index (χ3n) is 2.70. The van der Waals surface area contributed by atoms with Gasteiger partial charge in [0, 0.05) is 19.1 Å². The number of nitrogens with one attached hydrogen (secondary N) is 1. The molecule has 1 N–H and O–H groups in total. The van der Waals surface area contributed by atoms with Crippen LogP contribution in [0, 0.1) is 0 Å². The van der Waals surface area contributed by atoms with E-state index in [4.69, 9.17) is 0 Å². The lowest BCUT2D eigenvalue weighted by atomic mass is 10.2. The summed E-state index contributed by atoms with van der Waals surface area (Å²) in [6.45, 7) is 1.96. The van der Waals surface area contributed by atoms with Crippen LogP contribution in [0.5, 0.6) is 0 Å². The summed E-state index contributed by atoms with van der Waals surface area (Å²) in [5, 5.41) is 2.81. The lowest BCUT2D eigenvalue weighted by Crippen LogP contribution is -2.55. The van der Waals surface area contributed by atoms with Crippen molar-refractivity contribution in [3.8, 4) is 0 Å². The predicted octanol–water partition coefficient (Wildman–Crippen LogP) is 1.39. The molecule has 1 aliphatic rings. The van der Waals surface area contributed by atoms with Crippen molar-refractivity contribution in [2.24, 2.45) is 0 Å². The van der Waals surface area contributed by atoms with E-state index in [0.717, 1.165) is 0 Å². The van der Waals surface area contributed by atoms with Crippen LogP contribution in [-0.4, -0.2) is 48.6 Å². The number of carbonyl (C=O) groups is 1. The number of nitrogens with zero attached hydrogens (tertiary/aromatic N) is 1. The molecule has 0 aromatic rings. The first-order valence-electron chi connectivity index (χ1n) is 5.18. The van der Waals surface area contributed by atoms with E-state index in [2.05, 4.69) is 5.32 Å². The Hall–Kier alpha value is -0.920. The van der Waals surface area contributed by atoms with Crippen LogP contribution in [0.1, 0.15) is 13.3 Å². The van der Waals surface area contributed by atoms with Crippen LogP contribution in [0.25, 0.3) is 0 Å². The van der Waals surface area contributed by atoms with E-state index < -0.39 is 24.0 Å². The molecular weight excluding hydrogens is 247 g/mol. The van der Waals surface area contributed by atoms with E-state index in [1.807, 2.05) is 0 Å². The molecule has 0 bridgehead atoms. The Labute approximate surface area is 95.0 Å². The van der Waals surface area contributed by atoms with Crippen LogP contribution in [0.3, 0.4) is 0 Å². The molecule has 0 saturated carbocycles. The van der Waals surface area contributed by atoms with Crippen molar-refractivity contribution in [1.82, 2.24) is 10.2 Å². The minimum atomic E-state index is -5.84. The number of alkyl halides is 5. The SMILES string of the molecule is CCN(C(=O)C(F)(F)C(F)(F)F)C1CCNC1. The largest absolute Gasteiger partial charge is 0.463 e.